The van der Waals surface area contributed by atoms with Crippen molar-refractivity contribution in [3.63, 3.8) is 0 Å². The molecule has 0 bridgehead atoms. The highest BCUT2D eigenvalue weighted by atomic mass is 79.9. The average molecular weight is 370 g/mol. The molecule has 0 heterocycles. The van der Waals surface area contributed by atoms with Crippen molar-refractivity contribution in [2.75, 3.05) is 7.11 Å². The van der Waals surface area contributed by atoms with Crippen LogP contribution >= 0.6 is 31.9 Å². The van der Waals surface area contributed by atoms with Crippen molar-refractivity contribution in [3.05, 3.63) is 68.6 Å². The van der Waals surface area contributed by atoms with Gasteiger partial charge in [-0.1, -0.05) is 56.1 Å². The molecule has 2 rings (SSSR count). The molecular weight excluding hydrogens is 356 g/mol. The Balaban J connectivity index is 2.14. The molecule has 1 unspecified atom stereocenters. The number of rotatable bonds is 4. The van der Waals surface area contributed by atoms with E-state index in [4.69, 9.17) is 4.74 Å². The van der Waals surface area contributed by atoms with E-state index in [1.165, 1.54) is 11.1 Å². The van der Waals surface area contributed by atoms with E-state index < -0.39 is 0 Å². The molecule has 94 valence electrons. The Bertz CT molecular complexity index is 491. The van der Waals surface area contributed by atoms with Gasteiger partial charge in [-0.25, -0.2) is 0 Å². The van der Waals surface area contributed by atoms with Crippen molar-refractivity contribution < 1.29 is 4.74 Å². The highest BCUT2D eigenvalue weighted by molar-refractivity contribution is 9.10. The van der Waals surface area contributed by atoms with Crippen LogP contribution in [-0.2, 0) is 11.2 Å². The summed E-state index contributed by atoms with van der Waals surface area (Å²) >= 11 is 6.89. The monoisotopic (exact) mass is 368 g/mol. The second-order valence-corrected chi connectivity index (χ2v) is 5.94. The summed E-state index contributed by atoms with van der Waals surface area (Å²) < 4.78 is 7.77. The van der Waals surface area contributed by atoms with Crippen LogP contribution in [0.15, 0.2) is 57.5 Å². The third-order valence-corrected chi connectivity index (χ3v) is 3.92. The molecule has 0 radical (unpaired) electrons. The van der Waals surface area contributed by atoms with Gasteiger partial charge in [0.2, 0.25) is 0 Å². The molecule has 0 spiro atoms. The van der Waals surface area contributed by atoms with Crippen LogP contribution in [0.4, 0.5) is 0 Å². The molecular formula is C15H14Br2O. The number of methoxy groups -OCH3 is 1. The zero-order valence-corrected chi connectivity index (χ0v) is 13.2. The van der Waals surface area contributed by atoms with Gasteiger partial charge in [0, 0.05) is 22.5 Å². The van der Waals surface area contributed by atoms with Crippen LogP contribution in [0.1, 0.15) is 17.2 Å². The fraction of sp³-hybridized carbons (Fsp3) is 0.200. The van der Waals surface area contributed by atoms with Crippen LogP contribution in [-0.4, -0.2) is 7.11 Å². The molecule has 0 aliphatic rings. The Labute approximate surface area is 124 Å². The van der Waals surface area contributed by atoms with Gasteiger partial charge in [0.15, 0.2) is 0 Å². The van der Waals surface area contributed by atoms with E-state index in [9.17, 15) is 0 Å². The fourth-order valence-corrected chi connectivity index (χ4v) is 2.38. The van der Waals surface area contributed by atoms with Gasteiger partial charge in [-0.05, 0) is 35.4 Å². The molecule has 1 nitrogen and oxygen atoms in total. The number of hydrogen-bond donors (Lipinski definition) is 0. The smallest absolute Gasteiger partial charge is 0.0861 e. The Hall–Kier alpha value is -0.640. The molecule has 18 heavy (non-hydrogen) atoms. The number of halogens is 2. The minimum atomic E-state index is 0.0966. The quantitative estimate of drug-likeness (QED) is 0.724. The van der Waals surface area contributed by atoms with Gasteiger partial charge < -0.3 is 4.74 Å². The maximum atomic E-state index is 5.58. The lowest BCUT2D eigenvalue weighted by Crippen LogP contribution is -2.05. The largest absolute Gasteiger partial charge is 0.376 e. The predicted molar refractivity (Wildman–Crippen MR) is 81.7 cm³/mol. The van der Waals surface area contributed by atoms with E-state index >= 15 is 0 Å². The van der Waals surface area contributed by atoms with Crippen molar-refractivity contribution >= 4 is 31.9 Å². The molecule has 2 aromatic carbocycles. The lowest BCUT2D eigenvalue weighted by atomic mass is 10.0. The Morgan fingerprint density at radius 3 is 1.89 bits per heavy atom. The zero-order valence-electron chi connectivity index (χ0n) is 10.1. The number of hydrogen-bond acceptors (Lipinski definition) is 1. The molecule has 0 saturated carbocycles. The van der Waals surface area contributed by atoms with Gasteiger partial charge >= 0.3 is 0 Å². The Morgan fingerprint density at radius 1 is 0.889 bits per heavy atom. The Kier molecular flexibility index (Phi) is 4.98. The van der Waals surface area contributed by atoms with E-state index in [0.29, 0.717) is 0 Å². The summed E-state index contributed by atoms with van der Waals surface area (Å²) in [6.07, 6.45) is 0.977. The lowest BCUT2D eigenvalue weighted by molar-refractivity contribution is 0.104. The molecule has 2 aromatic rings. The van der Waals surface area contributed by atoms with Crippen LogP contribution in [0.2, 0.25) is 0 Å². The van der Waals surface area contributed by atoms with E-state index in [1.54, 1.807) is 7.11 Å². The van der Waals surface area contributed by atoms with Gasteiger partial charge in [-0.15, -0.1) is 0 Å². The van der Waals surface area contributed by atoms with Crippen molar-refractivity contribution in [2.45, 2.75) is 12.5 Å². The van der Waals surface area contributed by atoms with Crippen LogP contribution < -0.4 is 0 Å². The Morgan fingerprint density at radius 2 is 1.39 bits per heavy atom. The molecule has 0 amide bonds. The molecule has 1 atom stereocenters. The molecule has 0 aliphatic heterocycles. The van der Waals surface area contributed by atoms with Crippen molar-refractivity contribution in [1.82, 2.24) is 0 Å². The first-order chi connectivity index (χ1) is 8.69. The summed E-state index contributed by atoms with van der Waals surface area (Å²) in [7, 11) is 1.76. The molecule has 0 aromatic heterocycles. The van der Waals surface area contributed by atoms with Crippen LogP contribution in [0, 0.1) is 0 Å². The molecule has 3 heteroatoms. The van der Waals surface area contributed by atoms with Crippen LogP contribution in [0.5, 0.6) is 0 Å². The zero-order chi connectivity index (χ0) is 13.0. The normalized spacial score (nSPS) is 12.4. The van der Waals surface area contributed by atoms with Gasteiger partial charge in [-0.2, -0.15) is 0 Å². The molecule has 0 saturated heterocycles. The summed E-state index contributed by atoms with van der Waals surface area (Å²) in [6, 6.07) is 16.6. The summed E-state index contributed by atoms with van der Waals surface area (Å²) in [5.41, 5.74) is 2.47. The first-order valence-electron chi connectivity index (χ1n) is 5.72. The van der Waals surface area contributed by atoms with E-state index in [-0.39, 0.29) is 6.10 Å². The van der Waals surface area contributed by atoms with E-state index in [0.717, 1.165) is 15.4 Å². The van der Waals surface area contributed by atoms with Gasteiger partial charge in [0.1, 0.15) is 0 Å². The third kappa shape index (κ3) is 3.67. The summed E-state index contributed by atoms with van der Waals surface area (Å²) in [6.45, 7) is 0. The third-order valence-electron chi connectivity index (χ3n) is 2.86. The second-order valence-electron chi connectivity index (χ2n) is 4.11. The second kappa shape index (κ2) is 6.50. The summed E-state index contributed by atoms with van der Waals surface area (Å²) in [5.74, 6) is 0. The minimum absolute atomic E-state index is 0.0966. The molecule has 0 aliphatic carbocycles. The summed E-state index contributed by atoms with van der Waals surface area (Å²) in [5, 5.41) is 0. The fourth-order valence-electron chi connectivity index (χ4n) is 1.85. The SMILES string of the molecule is COC(Cc1ccc(Br)cc1)c1ccc(Br)cc1. The highest BCUT2D eigenvalue weighted by Crippen LogP contribution is 2.24. The average Bonchev–Trinajstić information content (AvgIpc) is 2.39. The summed E-state index contributed by atoms with van der Waals surface area (Å²) in [4.78, 5) is 0. The van der Waals surface area contributed by atoms with E-state index in [1.807, 2.05) is 12.1 Å². The first kappa shape index (κ1) is 13.8. The molecule has 0 fully saturated rings. The number of benzene rings is 2. The van der Waals surface area contributed by atoms with Crippen molar-refractivity contribution in [3.8, 4) is 0 Å². The van der Waals surface area contributed by atoms with Crippen LogP contribution in [0.3, 0.4) is 0 Å². The van der Waals surface area contributed by atoms with Crippen LogP contribution in [0.25, 0.3) is 0 Å². The minimum Gasteiger partial charge on any atom is -0.376 e. The number of ether oxygens (including phenoxy) is 1. The van der Waals surface area contributed by atoms with Crippen molar-refractivity contribution in [1.29, 1.82) is 0 Å². The van der Waals surface area contributed by atoms with Gasteiger partial charge in [0.25, 0.3) is 0 Å². The lowest BCUT2D eigenvalue weighted by Gasteiger charge is -2.16. The predicted octanol–water partition coefficient (Wildman–Crippen LogP) is 5.14. The highest BCUT2D eigenvalue weighted by Gasteiger charge is 2.11. The van der Waals surface area contributed by atoms with Gasteiger partial charge in [-0.3, -0.25) is 0 Å². The topological polar surface area (TPSA) is 9.23 Å². The molecule has 0 N–H and O–H groups in total. The van der Waals surface area contributed by atoms with E-state index in [2.05, 4.69) is 68.3 Å². The first-order valence-corrected chi connectivity index (χ1v) is 7.30. The van der Waals surface area contributed by atoms with Crippen molar-refractivity contribution in [2.24, 2.45) is 0 Å². The maximum Gasteiger partial charge on any atom is 0.0861 e. The van der Waals surface area contributed by atoms with Gasteiger partial charge in [0.05, 0.1) is 6.10 Å². The maximum absolute atomic E-state index is 5.58. The standard InChI is InChI=1S/C15H14Br2O/c1-18-15(12-4-8-14(17)9-5-12)10-11-2-6-13(16)7-3-11/h2-9,15H,10H2,1H3.